The van der Waals surface area contributed by atoms with Crippen LogP contribution in [0.5, 0.6) is 70.6 Å². The molecule has 0 bridgehead atoms. The van der Waals surface area contributed by atoms with Crippen molar-refractivity contribution in [2.45, 2.75) is 0 Å². The van der Waals surface area contributed by atoms with Crippen LogP contribution in [0.2, 0.25) is 0 Å². The van der Waals surface area contributed by atoms with Crippen LogP contribution in [0.15, 0.2) is 147 Å². The van der Waals surface area contributed by atoms with Crippen LogP contribution in [0.4, 0.5) is 0 Å². The van der Waals surface area contributed by atoms with Gasteiger partial charge in [0.2, 0.25) is 0 Å². The van der Waals surface area contributed by atoms with E-state index < -0.39 is 29.3 Å². The average molecular weight is 1680 g/mol. The second-order valence-corrected chi connectivity index (χ2v) is 13.6. The molecule has 0 aromatic carbocycles. The number of rotatable bonds is 24. The Morgan fingerprint density at radius 1 is 0.168 bits per heavy atom. The maximum Gasteiger partial charge on any atom is 0.867 e. The summed E-state index contributed by atoms with van der Waals surface area (Å²) in [7, 11) is -4.11. The molecule has 0 aliphatic rings. The largest absolute Gasteiger partial charge is 2.00 e. The number of aromatic nitrogens is 24. The van der Waals surface area contributed by atoms with Gasteiger partial charge in [0.1, 0.15) is 0 Å². The van der Waals surface area contributed by atoms with E-state index in [1.165, 1.54) is 0 Å². The summed E-state index contributed by atoms with van der Waals surface area (Å²) < 4.78 is 65.3. The van der Waals surface area contributed by atoms with Crippen LogP contribution < -0.4 is 180 Å². The van der Waals surface area contributed by atoms with Gasteiger partial charge in [-0.2, -0.15) is 61.2 Å². The molecule has 95 heavy (non-hydrogen) atoms. The number of nitrogens with one attached hydrogen (secondary N) is 12. The second kappa shape index (κ2) is 63.5. The van der Waals surface area contributed by atoms with E-state index in [0.717, 1.165) is 0 Å². The van der Waals surface area contributed by atoms with Crippen molar-refractivity contribution in [3.05, 3.63) is 147 Å². The Morgan fingerprint density at radius 3 is 0.295 bits per heavy atom. The molecule has 4 radical (unpaired) electrons. The molecule has 12 N–H and O–H groups in total. The van der Waals surface area contributed by atoms with Crippen molar-refractivity contribution >= 4 is 29.3 Å². The van der Waals surface area contributed by atoms with Crippen LogP contribution in [0.25, 0.3) is 0 Å². The number of nitrogens with zero attached hydrogens (tertiary/aromatic N) is 12. The fourth-order valence-electron chi connectivity index (χ4n) is 5.24. The van der Waals surface area contributed by atoms with E-state index in [-0.39, 0.29) is 226 Å². The normalized spacial score (nSPS) is 8.08. The summed E-state index contributed by atoms with van der Waals surface area (Å²) in [6.45, 7) is 0. The Labute approximate surface area is 645 Å². The maximum atomic E-state index is 5.44. The number of hydrogen-bond donors (Lipinski definition) is 12. The first kappa shape index (κ1) is 113. The zero-order valence-electron chi connectivity index (χ0n) is 46.0. The summed E-state index contributed by atoms with van der Waals surface area (Å²) in [6, 6.07) is 19.7. The van der Waals surface area contributed by atoms with Gasteiger partial charge in [0.05, 0.1) is 74.4 Å². The molecule has 12 rings (SSSR count). The van der Waals surface area contributed by atoms with Crippen LogP contribution in [-0.4, -0.2) is 152 Å². The van der Waals surface area contributed by atoms with Crippen molar-refractivity contribution < 1.29 is 282 Å². The summed E-state index contributed by atoms with van der Waals surface area (Å²) in [6.07, 6.45) is 18.7. The van der Waals surface area contributed by atoms with E-state index in [0.29, 0.717) is 70.6 Å². The SMILES string of the molecule is [Cl-].[Cl-].[Cl-].[Cl-].[Cl-].[Cl-].[Cl-].[Cl-].[Cl-].[Cl-].[O-2].[O-2].[O-2].[O-2].[O-2].[V].[V].[V].[V].c1cc(OB(Oc2ccn[nH]2)Oc2ccn[nH]2)[nH]n1.c1cc(OB(Oc2ccn[nH]2)Oc2ccn[nH]2)[nH]n1.c1cc(OB(Oc2ccn[nH]2)Oc2ccn[nH]2)[nH]n1.c1cc(OB(Oc2ccn[nH]2)Oc2ccn[nH]2)[nH]n1. The van der Waals surface area contributed by atoms with Gasteiger partial charge in [-0.05, 0) is 0 Å². The van der Waals surface area contributed by atoms with Gasteiger partial charge in [-0.25, -0.2) is 61.2 Å². The standard InChI is InChI=1S/4C9H9BN6O3.10ClH.5O.4V/c4*1-4-11-14-7(1)17-10(18-8-2-5-12-15-8)19-9-3-6-13-16-9;;;;;;;;;;;;;;;;;;;/h4*1-6H,(H,11,14)(H,12,15)(H,13,16);10*1H;;;;;;;;;/q;;;;;;;;;;;;;;5*-2;;;;/p-10. The fourth-order valence-corrected chi connectivity index (χ4v) is 5.24. The molecule has 0 saturated carbocycles. The smallest absolute Gasteiger partial charge is 0.867 e. The number of halogens is 10. The van der Waals surface area contributed by atoms with Gasteiger partial charge in [0.15, 0.2) is 70.6 Å². The number of hydrogen-bond acceptors (Lipinski definition) is 24. The molecule has 0 aliphatic carbocycles. The summed E-state index contributed by atoms with van der Waals surface area (Å²) in [5, 5.41) is 76.9. The molecule has 12 aromatic rings. The monoisotopic (exact) mass is 1670 g/mol. The number of aromatic amines is 12. The van der Waals surface area contributed by atoms with Gasteiger partial charge in [-0.1, -0.05) is 0 Å². The summed E-state index contributed by atoms with van der Waals surface area (Å²) >= 11 is 0. The predicted molar refractivity (Wildman–Crippen MR) is 257 cm³/mol. The summed E-state index contributed by atoms with van der Waals surface area (Å²) in [4.78, 5) is 0. The Balaban J connectivity index is -0.000000103. The van der Waals surface area contributed by atoms with Crippen molar-refractivity contribution in [3.63, 3.8) is 0 Å². The van der Waals surface area contributed by atoms with Gasteiger partial charge in [-0.15, -0.1) is 0 Å². The minimum Gasteiger partial charge on any atom is -2.00 e. The summed E-state index contributed by atoms with van der Waals surface area (Å²) in [5.74, 6) is 4.88. The molecule has 12 heterocycles. The fraction of sp³-hybridized carbons (Fsp3) is 0. The molecule has 0 spiro atoms. The molecule has 59 heteroatoms. The van der Waals surface area contributed by atoms with E-state index in [4.69, 9.17) is 55.9 Å². The molecule has 41 nitrogen and oxygen atoms in total. The molecule has 0 fully saturated rings. The van der Waals surface area contributed by atoms with E-state index in [2.05, 4.69) is 122 Å². The van der Waals surface area contributed by atoms with E-state index in [1.807, 2.05) is 0 Å². The molecule has 0 amide bonds. The van der Waals surface area contributed by atoms with Crippen molar-refractivity contribution in [2.75, 3.05) is 0 Å². The third kappa shape index (κ3) is 40.5. The first-order valence-electron chi connectivity index (χ1n) is 21.5. The van der Waals surface area contributed by atoms with Crippen molar-refractivity contribution in [3.8, 4) is 70.6 Å². The molecule has 0 unspecified atom stereocenters. The Morgan fingerprint density at radius 2 is 0.242 bits per heavy atom. The summed E-state index contributed by atoms with van der Waals surface area (Å²) in [5.41, 5.74) is 0. The third-order valence-corrected chi connectivity index (χ3v) is 8.38. The van der Waals surface area contributed by atoms with Crippen LogP contribution in [0, 0.1) is 0 Å². The molecule has 0 aliphatic heterocycles. The zero-order valence-corrected chi connectivity index (χ0v) is 59.2. The van der Waals surface area contributed by atoms with Crippen molar-refractivity contribution in [1.29, 1.82) is 0 Å². The Bertz CT molecular complexity index is 2500. The minimum atomic E-state index is -1.03. The predicted octanol–water partition coefficient (Wildman–Crippen LogP) is -29.1. The molecule has 524 valence electrons. The first-order valence-corrected chi connectivity index (χ1v) is 21.5. The van der Waals surface area contributed by atoms with Crippen LogP contribution in [-0.2, 0) is 102 Å². The second-order valence-electron chi connectivity index (χ2n) is 13.6. The van der Waals surface area contributed by atoms with Crippen molar-refractivity contribution in [2.24, 2.45) is 0 Å². The Kier molecular flexibility index (Phi) is 75.3. The first-order chi connectivity index (χ1) is 37.6. The Hall–Kier alpha value is -6.58. The van der Waals surface area contributed by atoms with Gasteiger partial charge < -0.3 is 207 Å². The van der Waals surface area contributed by atoms with E-state index >= 15 is 0 Å². The van der Waals surface area contributed by atoms with Crippen molar-refractivity contribution in [1.82, 2.24) is 122 Å². The molecular formula is C36H36B4Cl10N24O17V4-20. The topological polar surface area (TPSA) is 597 Å². The van der Waals surface area contributed by atoms with E-state index in [1.54, 1.807) is 147 Å². The van der Waals surface area contributed by atoms with Gasteiger partial charge in [-0.3, -0.25) is 0 Å². The van der Waals surface area contributed by atoms with Gasteiger partial charge in [0.25, 0.3) is 0 Å². The van der Waals surface area contributed by atoms with Gasteiger partial charge >= 0.3 is 29.3 Å². The molecule has 0 atom stereocenters. The van der Waals surface area contributed by atoms with E-state index in [9.17, 15) is 0 Å². The molecular weight excluding hydrogens is 1640 g/mol. The average Bonchev–Trinajstić information content (AvgIpc) is 2.30. The van der Waals surface area contributed by atoms with Crippen LogP contribution in [0.3, 0.4) is 0 Å². The quantitative estimate of drug-likeness (QED) is 0.0250. The van der Waals surface area contributed by atoms with Crippen LogP contribution >= 0.6 is 0 Å². The molecule has 12 aromatic heterocycles. The number of H-pyrrole nitrogens is 12. The maximum absolute atomic E-state index is 5.44. The molecule has 0 saturated heterocycles. The zero-order chi connectivity index (χ0) is 51.7. The third-order valence-electron chi connectivity index (χ3n) is 8.38. The van der Waals surface area contributed by atoms with Crippen LogP contribution in [0.1, 0.15) is 0 Å². The minimum absolute atomic E-state index is 0. The van der Waals surface area contributed by atoms with Gasteiger partial charge in [0, 0.05) is 147 Å².